The molecule has 1 N–H and O–H groups in total. The highest BCUT2D eigenvalue weighted by molar-refractivity contribution is 7.13. The number of rotatable bonds is 10. The van der Waals surface area contributed by atoms with E-state index in [2.05, 4.69) is 30.7 Å². The van der Waals surface area contributed by atoms with E-state index in [4.69, 9.17) is 5.11 Å². The van der Waals surface area contributed by atoms with Crippen LogP contribution < -0.4 is 0 Å². The first-order chi connectivity index (χ1) is 9.99. The van der Waals surface area contributed by atoms with Gasteiger partial charge >= 0.3 is 5.97 Å². The molecule has 4 nitrogen and oxygen atoms in total. The van der Waals surface area contributed by atoms with Gasteiger partial charge < -0.3 is 10.0 Å². The zero-order chi connectivity index (χ0) is 15.8. The van der Waals surface area contributed by atoms with Gasteiger partial charge in [-0.3, -0.25) is 0 Å². The third kappa shape index (κ3) is 5.75. The fraction of sp³-hybridized carbons (Fsp3) is 0.750. The number of aromatic nitrogens is 1. The van der Waals surface area contributed by atoms with Crippen LogP contribution in [0.5, 0.6) is 0 Å². The summed E-state index contributed by atoms with van der Waals surface area (Å²) in [6.45, 7) is 11.6. The predicted octanol–water partition coefficient (Wildman–Crippen LogP) is 4.16. The molecule has 0 radical (unpaired) electrons. The van der Waals surface area contributed by atoms with Crippen molar-refractivity contribution in [3.63, 3.8) is 0 Å². The van der Waals surface area contributed by atoms with Crippen LogP contribution in [-0.2, 0) is 0 Å². The third-order valence-corrected chi connectivity index (χ3v) is 4.99. The fourth-order valence-electron chi connectivity index (χ4n) is 2.35. The van der Waals surface area contributed by atoms with E-state index in [1.54, 1.807) is 6.92 Å². The molecule has 1 atom stereocenters. The minimum atomic E-state index is -0.864. The molecule has 1 rings (SSSR count). The maximum absolute atomic E-state index is 11.1. The van der Waals surface area contributed by atoms with Crippen molar-refractivity contribution in [3.05, 3.63) is 15.6 Å². The molecule has 0 aromatic carbocycles. The molecule has 0 aliphatic rings. The summed E-state index contributed by atoms with van der Waals surface area (Å²) >= 11 is 1.33. The Labute approximate surface area is 132 Å². The lowest BCUT2D eigenvalue weighted by Crippen LogP contribution is -2.30. The van der Waals surface area contributed by atoms with Crippen molar-refractivity contribution in [2.24, 2.45) is 0 Å². The van der Waals surface area contributed by atoms with E-state index in [0.717, 1.165) is 24.6 Å². The molecule has 0 aliphatic carbocycles. The number of thiazole rings is 1. The molecule has 0 fully saturated rings. The van der Waals surface area contributed by atoms with Crippen LogP contribution >= 0.6 is 11.3 Å². The van der Waals surface area contributed by atoms with Gasteiger partial charge in [0.2, 0.25) is 0 Å². The topological polar surface area (TPSA) is 53.4 Å². The maximum atomic E-state index is 11.1. The first-order valence-corrected chi connectivity index (χ1v) is 8.74. The number of carboxylic acid groups (broad SMARTS) is 1. The minimum absolute atomic E-state index is 0.288. The quantitative estimate of drug-likeness (QED) is 0.705. The molecule has 0 spiro atoms. The van der Waals surface area contributed by atoms with Crippen molar-refractivity contribution >= 4 is 17.3 Å². The normalized spacial score (nSPS) is 12.8. The molecule has 0 bridgehead atoms. The highest BCUT2D eigenvalue weighted by atomic mass is 32.1. The van der Waals surface area contributed by atoms with Crippen molar-refractivity contribution in [2.45, 2.75) is 59.3 Å². The summed E-state index contributed by atoms with van der Waals surface area (Å²) < 4.78 is 0. The van der Waals surface area contributed by atoms with E-state index in [0.29, 0.717) is 10.6 Å². The molecule has 1 unspecified atom stereocenters. The van der Waals surface area contributed by atoms with Gasteiger partial charge in [0.1, 0.15) is 4.88 Å². The molecule has 1 aromatic heterocycles. The van der Waals surface area contributed by atoms with Crippen molar-refractivity contribution in [3.8, 4) is 0 Å². The molecule has 0 amide bonds. The number of hydrogen-bond acceptors (Lipinski definition) is 4. The van der Waals surface area contributed by atoms with Crippen LogP contribution in [-0.4, -0.2) is 40.6 Å². The van der Waals surface area contributed by atoms with Crippen LogP contribution in [0.1, 0.15) is 72.7 Å². The lowest BCUT2D eigenvalue weighted by atomic mass is 10.1. The van der Waals surface area contributed by atoms with E-state index < -0.39 is 5.97 Å². The van der Waals surface area contributed by atoms with Gasteiger partial charge in [0, 0.05) is 12.5 Å². The van der Waals surface area contributed by atoms with Gasteiger partial charge in [0.15, 0.2) is 0 Å². The summed E-state index contributed by atoms with van der Waals surface area (Å²) in [6.07, 6.45) is 4.84. The minimum Gasteiger partial charge on any atom is -0.477 e. The van der Waals surface area contributed by atoms with Gasteiger partial charge in [0.25, 0.3) is 0 Å². The maximum Gasteiger partial charge on any atom is 0.347 e. The van der Waals surface area contributed by atoms with Crippen molar-refractivity contribution < 1.29 is 9.90 Å². The van der Waals surface area contributed by atoms with Gasteiger partial charge in [-0.05, 0) is 32.9 Å². The van der Waals surface area contributed by atoms with Gasteiger partial charge in [-0.1, -0.05) is 33.6 Å². The van der Waals surface area contributed by atoms with E-state index in [1.807, 2.05) is 0 Å². The van der Waals surface area contributed by atoms with Crippen LogP contribution in [0.25, 0.3) is 0 Å². The predicted molar refractivity (Wildman–Crippen MR) is 88.5 cm³/mol. The monoisotopic (exact) mass is 312 g/mol. The summed E-state index contributed by atoms with van der Waals surface area (Å²) in [5.74, 6) is -0.576. The Kier molecular flexibility index (Phi) is 7.89. The average molecular weight is 312 g/mol. The zero-order valence-electron chi connectivity index (χ0n) is 13.7. The number of carbonyl (C=O) groups is 1. The van der Waals surface area contributed by atoms with Crippen LogP contribution in [0.4, 0.5) is 0 Å². The Morgan fingerprint density at radius 2 is 1.86 bits per heavy atom. The molecule has 1 aromatic rings. The van der Waals surface area contributed by atoms with Gasteiger partial charge in [-0.2, -0.15) is 0 Å². The molecular formula is C16H28N2O2S. The summed E-state index contributed by atoms with van der Waals surface area (Å²) in [6, 6.07) is 0. The van der Waals surface area contributed by atoms with Crippen LogP contribution in [0.15, 0.2) is 0 Å². The largest absolute Gasteiger partial charge is 0.477 e. The summed E-state index contributed by atoms with van der Waals surface area (Å²) in [4.78, 5) is 18.5. The van der Waals surface area contributed by atoms with E-state index >= 15 is 0 Å². The highest BCUT2D eigenvalue weighted by Gasteiger charge is 2.19. The number of hydrogen-bond donors (Lipinski definition) is 1. The Hall–Kier alpha value is -0.940. The van der Waals surface area contributed by atoms with Crippen molar-refractivity contribution in [1.29, 1.82) is 0 Å². The van der Waals surface area contributed by atoms with E-state index in [1.165, 1.54) is 37.0 Å². The Morgan fingerprint density at radius 3 is 2.29 bits per heavy atom. The second-order valence-corrected chi connectivity index (χ2v) is 6.71. The van der Waals surface area contributed by atoms with Gasteiger partial charge in [0.05, 0.1) is 10.7 Å². The van der Waals surface area contributed by atoms with Gasteiger partial charge in [-0.25, -0.2) is 9.78 Å². The number of aryl methyl sites for hydroxylation is 1. The number of carboxylic acids is 1. The molecule has 1 heterocycles. The van der Waals surface area contributed by atoms with Gasteiger partial charge in [-0.15, -0.1) is 11.3 Å². The lowest BCUT2D eigenvalue weighted by Gasteiger charge is -2.24. The standard InChI is InChI=1S/C16H28N2O2S/c1-5-7-9-18(10-8-6-2)11-12(3)15-17-13(4)14(21-15)16(19)20/h12H,5-11H2,1-4H3,(H,19,20). The summed E-state index contributed by atoms with van der Waals surface area (Å²) in [5.41, 5.74) is 0.642. The van der Waals surface area contributed by atoms with Crippen molar-refractivity contribution in [1.82, 2.24) is 9.88 Å². The average Bonchev–Trinajstić information content (AvgIpc) is 2.84. The molecule has 0 saturated heterocycles. The van der Waals surface area contributed by atoms with Crippen LogP contribution in [0.3, 0.4) is 0 Å². The third-order valence-electron chi connectivity index (χ3n) is 3.62. The molecule has 0 aliphatic heterocycles. The summed E-state index contributed by atoms with van der Waals surface area (Å²) in [7, 11) is 0. The van der Waals surface area contributed by atoms with E-state index in [9.17, 15) is 4.79 Å². The lowest BCUT2D eigenvalue weighted by molar-refractivity contribution is 0.0701. The Morgan fingerprint density at radius 1 is 1.29 bits per heavy atom. The first kappa shape index (κ1) is 18.1. The first-order valence-electron chi connectivity index (χ1n) is 7.92. The number of nitrogens with zero attached hydrogens (tertiary/aromatic N) is 2. The second kappa shape index (κ2) is 9.15. The van der Waals surface area contributed by atoms with Crippen molar-refractivity contribution in [2.75, 3.05) is 19.6 Å². The molecule has 5 heteroatoms. The van der Waals surface area contributed by atoms with Crippen LogP contribution in [0, 0.1) is 6.92 Å². The molecule has 120 valence electrons. The number of unbranched alkanes of at least 4 members (excludes halogenated alkanes) is 2. The number of aromatic carboxylic acids is 1. The molecule has 0 saturated carbocycles. The summed E-state index contributed by atoms with van der Waals surface area (Å²) in [5, 5.41) is 10.1. The fourth-order valence-corrected chi connectivity index (χ4v) is 3.30. The van der Waals surface area contributed by atoms with Crippen LogP contribution in [0.2, 0.25) is 0 Å². The molecular weight excluding hydrogens is 284 g/mol. The van der Waals surface area contributed by atoms with E-state index in [-0.39, 0.29) is 5.92 Å². The highest BCUT2D eigenvalue weighted by Crippen LogP contribution is 2.25. The Bertz CT molecular complexity index is 437. The SMILES string of the molecule is CCCCN(CCCC)CC(C)c1nc(C)c(C(=O)O)s1. The second-order valence-electron chi connectivity index (χ2n) is 5.68. The molecule has 21 heavy (non-hydrogen) atoms. The zero-order valence-corrected chi connectivity index (χ0v) is 14.5. The Balaban J connectivity index is 2.68. The smallest absolute Gasteiger partial charge is 0.347 e.